The summed E-state index contributed by atoms with van der Waals surface area (Å²) in [5.74, 6) is 5.41. The summed E-state index contributed by atoms with van der Waals surface area (Å²) < 4.78 is 14.2. The van der Waals surface area contributed by atoms with E-state index in [4.69, 9.17) is 5.84 Å². The van der Waals surface area contributed by atoms with Gasteiger partial charge in [0.15, 0.2) is 0 Å². The molecule has 0 heterocycles. The zero-order valence-corrected chi connectivity index (χ0v) is 13.0. The highest BCUT2D eigenvalue weighted by Crippen LogP contribution is 2.20. The van der Waals surface area contributed by atoms with Crippen LogP contribution in [0.1, 0.15) is 16.7 Å². The zero-order chi connectivity index (χ0) is 14.5. The van der Waals surface area contributed by atoms with Crippen LogP contribution in [0.3, 0.4) is 0 Å². The maximum atomic E-state index is 13.3. The SMILES string of the molecule is Cc1cccc(CC(Cc2cc(F)ccc2Br)NN)c1. The van der Waals surface area contributed by atoms with Crippen molar-refractivity contribution in [3.8, 4) is 0 Å². The van der Waals surface area contributed by atoms with Crippen molar-refractivity contribution in [3.63, 3.8) is 0 Å². The normalized spacial score (nSPS) is 12.4. The van der Waals surface area contributed by atoms with E-state index < -0.39 is 0 Å². The lowest BCUT2D eigenvalue weighted by Crippen LogP contribution is -2.38. The van der Waals surface area contributed by atoms with Gasteiger partial charge >= 0.3 is 0 Å². The molecule has 0 amide bonds. The van der Waals surface area contributed by atoms with E-state index in [0.29, 0.717) is 6.42 Å². The van der Waals surface area contributed by atoms with E-state index in [2.05, 4.69) is 46.5 Å². The highest BCUT2D eigenvalue weighted by Gasteiger charge is 2.12. The Hall–Kier alpha value is -1.23. The average Bonchev–Trinajstić information content (AvgIpc) is 2.42. The molecule has 2 aromatic rings. The second-order valence-corrected chi connectivity index (χ2v) is 5.85. The summed E-state index contributed by atoms with van der Waals surface area (Å²) in [6.07, 6.45) is 1.48. The van der Waals surface area contributed by atoms with Crippen LogP contribution in [0.25, 0.3) is 0 Å². The molecule has 1 unspecified atom stereocenters. The summed E-state index contributed by atoms with van der Waals surface area (Å²) in [7, 11) is 0. The molecule has 1 atom stereocenters. The molecule has 0 fully saturated rings. The molecule has 106 valence electrons. The Labute approximate surface area is 127 Å². The van der Waals surface area contributed by atoms with Gasteiger partial charge in [-0.15, -0.1) is 0 Å². The molecule has 0 aromatic heterocycles. The Balaban J connectivity index is 2.11. The number of hydrogen-bond acceptors (Lipinski definition) is 2. The van der Waals surface area contributed by atoms with Gasteiger partial charge in [-0.3, -0.25) is 11.3 Å². The summed E-state index contributed by atoms with van der Waals surface area (Å²) in [6, 6.07) is 13.1. The van der Waals surface area contributed by atoms with Crippen molar-refractivity contribution in [3.05, 3.63) is 69.4 Å². The Kier molecular flexibility index (Phi) is 5.29. The Morgan fingerprint density at radius 2 is 2.00 bits per heavy atom. The van der Waals surface area contributed by atoms with E-state index in [1.165, 1.54) is 17.2 Å². The molecule has 2 aromatic carbocycles. The molecule has 2 rings (SSSR count). The predicted octanol–water partition coefficient (Wildman–Crippen LogP) is 3.51. The number of aryl methyl sites for hydroxylation is 1. The van der Waals surface area contributed by atoms with Gasteiger partial charge in [0.1, 0.15) is 5.82 Å². The first-order valence-electron chi connectivity index (χ1n) is 6.54. The van der Waals surface area contributed by atoms with Crippen molar-refractivity contribution in [2.45, 2.75) is 25.8 Å². The second-order valence-electron chi connectivity index (χ2n) is 5.00. The number of rotatable bonds is 5. The van der Waals surface area contributed by atoms with Gasteiger partial charge in [-0.05, 0) is 49.1 Å². The fourth-order valence-corrected chi connectivity index (χ4v) is 2.69. The molecule has 3 N–H and O–H groups in total. The quantitative estimate of drug-likeness (QED) is 0.647. The topological polar surface area (TPSA) is 38.0 Å². The molecule has 0 saturated heterocycles. The van der Waals surface area contributed by atoms with Crippen LogP contribution >= 0.6 is 15.9 Å². The lowest BCUT2D eigenvalue weighted by atomic mass is 9.98. The molecular formula is C16H18BrFN2. The lowest BCUT2D eigenvalue weighted by molar-refractivity contribution is 0.519. The molecule has 0 spiro atoms. The maximum Gasteiger partial charge on any atom is 0.123 e. The summed E-state index contributed by atoms with van der Waals surface area (Å²) in [4.78, 5) is 0. The van der Waals surface area contributed by atoms with Gasteiger partial charge in [0.05, 0.1) is 0 Å². The van der Waals surface area contributed by atoms with Crippen molar-refractivity contribution in [2.24, 2.45) is 5.84 Å². The van der Waals surface area contributed by atoms with E-state index in [-0.39, 0.29) is 11.9 Å². The third kappa shape index (κ3) is 4.13. The molecule has 20 heavy (non-hydrogen) atoms. The average molecular weight is 337 g/mol. The molecule has 2 nitrogen and oxygen atoms in total. The first kappa shape index (κ1) is 15.2. The van der Waals surface area contributed by atoms with Gasteiger partial charge in [-0.2, -0.15) is 0 Å². The summed E-state index contributed by atoms with van der Waals surface area (Å²) in [5, 5.41) is 0. The van der Waals surface area contributed by atoms with Crippen molar-refractivity contribution in [2.75, 3.05) is 0 Å². The predicted molar refractivity (Wildman–Crippen MR) is 83.8 cm³/mol. The summed E-state index contributed by atoms with van der Waals surface area (Å²) in [5.41, 5.74) is 6.19. The minimum Gasteiger partial charge on any atom is -0.271 e. The van der Waals surface area contributed by atoms with Crippen LogP contribution < -0.4 is 11.3 Å². The number of nitrogens with one attached hydrogen (secondary N) is 1. The summed E-state index contributed by atoms with van der Waals surface area (Å²) in [6.45, 7) is 2.07. The van der Waals surface area contributed by atoms with Gasteiger partial charge in [0.25, 0.3) is 0 Å². The fourth-order valence-electron chi connectivity index (χ4n) is 2.28. The standard InChI is InChI=1S/C16H18BrFN2/c1-11-3-2-4-12(7-11)8-15(20-19)10-13-9-14(18)5-6-16(13)17/h2-7,9,15,20H,8,10,19H2,1H3. The minimum absolute atomic E-state index is 0.0647. The summed E-state index contributed by atoms with van der Waals surface area (Å²) >= 11 is 3.45. The fraction of sp³-hybridized carbons (Fsp3) is 0.250. The number of benzene rings is 2. The van der Waals surface area contributed by atoms with Crippen LogP contribution in [-0.4, -0.2) is 6.04 Å². The number of hydrogen-bond donors (Lipinski definition) is 2. The van der Waals surface area contributed by atoms with Gasteiger partial charge in [-0.25, -0.2) is 4.39 Å². The van der Waals surface area contributed by atoms with Crippen LogP contribution in [0.4, 0.5) is 4.39 Å². The Bertz CT molecular complexity index is 586. The Morgan fingerprint density at radius 1 is 1.20 bits per heavy atom. The first-order valence-corrected chi connectivity index (χ1v) is 7.33. The van der Waals surface area contributed by atoms with Crippen molar-refractivity contribution in [1.29, 1.82) is 0 Å². The third-order valence-electron chi connectivity index (χ3n) is 3.27. The van der Waals surface area contributed by atoms with Crippen molar-refractivity contribution >= 4 is 15.9 Å². The van der Waals surface area contributed by atoms with E-state index >= 15 is 0 Å². The first-order chi connectivity index (χ1) is 9.58. The van der Waals surface area contributed by atoms with Gasteiger partial charge < -0.3 is 0 Å². The smallest absolute Gasteiger partial charge is 0.123 e. The molecule has 4 heteroatoms. The second kappa shape index (κ2) is 6.97. The van der Waals surface area contributed by atoms with Crippen LogP contribution in [0.5, 0.6) is 0 Å². The van der Waals surface area contributed by atoms with E-state index in [1.54, 1.807) is 12.1 Å². The molecule has 0 bridgehead atoms. The third-order valence-corrected chi connectivity index (χ3v) is 4.05. The van der Waals surface area contributed by atoms with Gasteiger partial charge in [-0.1, -0.05) is 45.8 Å². The number of nitrogens with two attached hydrogens (primary N) is 1. The van der Waals surface area contributed by atoms with Crippen LogP contribution in [-0.2, 0) is 12.8 Å². The van der Waals surface area contributed by atoms with Crippen molar-refractivity contribution in [1.82, 2.24) is 5.43 Å². The molecule has 0 aliphatic rings. The maximum absolute atomic E-state index is 13.3. The van der Waals surface area contributed by atoms with Gasteiger partial charge in [0, 0.05) is 10.5 Å². The lowest BCUT2D eigenvalue weighted by Gasteiger charge is -2.17. The van der Waals surface area contributed by atoms with E-state index in [9.17, 15) is 4.39 Å². The highest BCUT2D eigenvalue weighted by molar-refractivity contribution is 9.10. The highest BCUT2D eigenvalue weighted by atomic mass is 79.9. The van der Waals surface area contributed by atoms with Crippen LogP contribution in [0.15, 0.2) is 46.9 Å². The molecular weight excluding hydrogens is 319 g/mol. The van der Waals surface area contributed by atoms with Crippen LogP contribution in [0, 0.1) is 12.7 Å². The molecule has 0 radical (unpaired) electrons. The monoisotopic (exact) mass is 336 g/mol. The molecule has 0 aliphatic carbocycles. The van der Waals surface area contributed by atoms with Crippen molar-refractivity contribution < 1.29 is 4.39 Å². The molecule has 0 saturated carbocycles. The minimum atomic E-state index is -0.227. The number of hydrazine groups is 1. The Morgan fingerprint density at radius 3 is 2.70 bits per heavy atom. The van der Waals surface area contributed by atoms with E-state index in [1.807, 2.05) is 6.07 Å². The molecule has 0 aliphatic heterocycles. The van der Waals surface area contributed by atoms with Gasteiger partial charge in [0.2, 0.25) is 0 Å². The van der Waals surface area contributed by atoms with E-state index in [0.717, 1.165) is 16.5 Å². The van der Waals surface area contributed by atoms with Crippen LogP contribution in [0.2, 0.25) is 0 Å². The number of halogens is 2. The largest absolute Gasteiger partial charge is 0.271 e. The zero-order valence-electron chi connectivity index (χ0n) is 11.4.